The molecule has 0 aliphatic heterocycles. The van der Waals surface area contributed by atoms with Crippen LogP contribution >= 0.6 is 0 Å². The van der Waals surface area contributed by atoms with E-state index in [4.69, 9.17) is 0 Å². The second-order valence-electron chi connectivity index (χ2n) is 4.38. The molecule has 1 nitrogen and oxygen atoms in total. The lowest BCUT2D eigenvalue weighted by Gasteiger charge is -2.05. The number of hydrogen-bond donors (Lipinski definition) is 0. The number of rotatable bonds is 2. The van der Waals surface area contributed by atoms with Gasteiger partial charge in [-0.3, -0.25) is 4.98 Å². The molecule has 0 amide bonds. The van der Waals surface area contributed by atoms with Gasteiger partial charge in [-0.2, -0.15) is 0 Å². The quantitative estimate of drug-likeness (QED) is 0.763. The first-order valence-corrected chi connectivity index (χ1v) is 5.65. The first-order chi connectivity index (χ1) is 8.24. The van der Waals surface area contributed by atoms with E-state index in [1.807, 2.05) is 18.2 Å². The summed E-state index contributed by atoms with van der Waals surface area (Å²) in [7, 11) is 0. The van der Waals surface area contributed by atoms with E-state index in [2.05, 4.69) is 4.98 Å². The van der Waals surface area contributed by atoms with Gasteiger partial charge in [0.1, 0.15) is 11.5 Å². The van der Waals surface area contributed by atoms with Gasteiger partial charge in [-0.15, -0.1) is 0 Å². The van der Waals surface area contributed by atoms with Crippen molar-refractivity contribution in [3.05, 3.63) is 53.7 Å². The molecule has 0 saturated heterocycles. The summed E-state index contributed by atoms with van der Waals surface area (Å²) in [5.41, 5.74) is 2.15. The molecule has 1 heterocycles. The molecule has 1 aliphatic carbocycles. The normalized spacial score (nSPS) is 14.9. The highest BCUT2D eigenvalue weighted by molar-refractivity contribution is 5.61. The van der Waals surface area contributed by atoms with Crippen molar-refractivity contribution in [2.75, 3.05) is 0 Å². The van der Waals surface area contributed by atoms with Crippen LogP contribution < -0.4 is 0 Å². The Morgan fingerprint density at radius 2 is 1.94 bits per heavy atom. The first kappa shape index (κ1) is 10.4. The maximum absolute atomic E-state index is 13.6. The van der Waals surface area contributed by atoms with Gasteiger partial charge in [-0.25, -0.2) is 8.78 Å². The number of halogens is 2. The minimum absolute atomic E-state index is 0.217. The van der Waals surface area contributed by atoms with E-state index in [1.165, 1.54) is 18.4 Å². The molecule has 1 saturated carbocycles. The number of aromatic nitrogens is 1. The molecule has 0 radical (unpaired) electrons. The minimum Gasteiger partial charge on any atom is -0.250 e. The standard InChI is InChI=1S/C14H11F2N/c15-12-7-13(16)14(17-8-12)11-3-1-2-10(6-11)9-4-5-9/h1-3,6-9H,4-5H2. The van der Waals surface area contributed by atoms with Crippen LogP contribution in [-0.2, 0) is 0 Å². The smallest absolute Gasteiger partial charge is 0.152 e. The van der Waals surface area contributed by atoms with E-state index in [1.54, 1.807) is 6.07 Å². The third-order valence-electron chi connectivity index (χ3n) is 3.02. The Kier molecular flexibility index (Phi) is 2.39. The fraction of sp³-hybridized carbons (Fsp3) is 0.214. The van der Waals surface area contributed by atoms with Crippen molar-refractivity contribution in [2.24, 2.45) is 0 Å². The van der Waals surface area contributed by atoms with Crippen molar-refractivity contribution in [1.82, 2.24) is 4.98 Å². The summed E-state index contributed by atoms with van der Waals surface area (Å²) < 4.78 is 26.4. The van der Waals surface area contributed by atoms with E-state index in [0.717, 1.165) is 12.3 Å². The van der Waals surface area contributed by atoms with Crippen molar-refractivity contribution < 1.29 is 8.78 Å². The van der Waals surface area contributed by atoms with Crippen LogP contribution in [-0.4, -0.2) is 4.98 Å². The molecule has 0 atom stereocenters. The molecule has 1 fully saturated rings. The summed E-state index contributed by atoms with van der Waals surface area (Å²) in [5, 5.41) is 0. The van der Waals surface area contributed by atoms with Crippen molar-refractivity contribution in [3.8, 4) is 11.3 Å². The summed E-state index contributed by atoms with van der Waals surface area (Å²) in [6.07, 6.45) is 3.44. The topological polar surface area (TPSA) is 12.9 Å². The van der Waals surface area contributed by atoms with Crippen LogP contribution in [0.3, 0.4) is 0 Å². The lowest BCUT2D eigenvalue weighted by molar-refractivity contribution is 0.576. The Morgan fingerprint density at radius 3 is 2.65 bits per heavy atom. The summed E-state index contributed by atoms with van der Waals surface area (Å²) in [5.74, 6) is -0.652. The molecule has 86 valence electrons. The molecule has 1 aromatic heterocycles. The van der Waals surface area contributed by atoms with Crippen molar-refractivity contribution in [1.29, 1.82) is 0 Å². The molecular formula is C14H11F2N. The van der Waals surface area contributed by atoms with Crippen molar-refractivity contribution in [2.45, 2.75) is 18.8 Å². The molecule has 3 heteroatoms. The highest BCUT2D eigenvalue weighted by Gasteiger charge is 2.23. The average molecular weight is 231 g/mol. The second kappa shape index (κ2) is 3.91. The summed E-state index contributed by atoms with van der Waals surface area (Å²) >= 11 is 0. The van der Waals surface area contributed by atoms with Gasteiger partial charge in [0.25, 0.3) is 0 Å². The lowest BCUT2D eigenvalue weighted by atomic mass is 10.0. The lowest BCUT2D eigenvalue weighted by Crippen LogP contribution is -1.92. The number of hydrogen-bond acceptors (Lipinski definition) is 1. The van der Waals surface area contributed by atoms with E-state index < -0.39 is 11.6 Å². The van der Waals surface area contributed by atoms with Gasteiger partial charge in [-0.05, 0) is 30.4 Å². The maximum atomic E-state index is 13.6. The number of pyridine rings is 1. The molecule has 3 rings (SSSR count). The Morgan fingerprint density at radius 1 is 1.12 bits per heavy atom. The molecule has 0 spiro atoms. The largest absolute Gasteiger partial charge is 0.250 e. The van der Waals surface area contributed by atoms with Gasteiger partial charge in [0.05, 0.1) is 6.20 Å². The van der Waals surface area contributed by atoms with Gasteiger partial charge < -0.3 is 0 Å². The highest BCUT2D eigenvalue weighted by Crippen LogP contribution is 2.41. The Bertz CT molecular complexity index is 562. The van der Waals surface area contributed by atoms with Crippen LogP contribution in [0.25, 0.3) is 11.3 Å². The molecule has 17 heavy (non-hydrogen) atoms. The fourth-order valence-electron chi connectivity index (χ4n) is 1.98. The van der Waals surface area contributed by atoms with E-state index in [9.17, 15) is 8.78 Å². The zero-order valence-corrected chi connectivity index (χ0v) is 9.16. The van der Waals surface area contributed by atoms with Crippen molar-refractivity contribution in [3.63, 3.8) is 0 Å². The van der Waals surface area contributed by atoms with Gasteiger partial charge in [-0.1, -0.05) is 18.2 Å². The van der Waals surface area contributed by atoms with Crippen LogP contribution in [0.15, 0.2) is 36.5 Å². The molecule has 1 aromatic carbocycles. The van der Waals surface area contributed by atoms with Gasteiger partial charge >= 0.3 is 0 Å². The van der Waals surface area contributed by atoms with E-state index in [0.29, 0.717) is 11.5 Å². The number of benzene rings is 1. The number of nitrogens with zero attached hydrogens (tertiary/aromatic N) is 1. The predicted molar refractivity (Wildman–Crippen MR) is 61.6 cm³/mol. The Hall–Kier alpha value is -1.77. The monoisotopic (exact) mass is 231 g/mol. The zero-order valence-electron chi connectivity index (χ0n) is 9.16. The second-order valence-corrected chi connectivity index (χ2v) is 4.38. The molecule has 0 N–H and O–H groups in total. The molecular weight excluding hydrogens is 220 g/mol. The van der Waals surface area contributed by atoms with Gasteiger partial charge in [0.15, 0.2) is 5.82 Å². The van der Waals surface area contributed by atoms with Crippen molar-refractivity contribution >= 4 is 0 Å². The first-order valence-electron chi connectivity index (χ1n) is 5.65. The molecule has 0 unspecified atom stereocenters. The maximum Gasteiger partial charge on any atom is 0.152 e. The third-order valence-corrected chi connectivity index (χ3v) is 3.02. The SMILES string of the molecule is Fc1cnc(-c2cccc(C3CC3)c2)c(F)c1. The Balaban J connectivity index is 2.04. The zero-order chi connectivity index (χ0) is 11.8. The predicted octanol–water partition coefficient (Wildman–Crippen LogP) is 3.90. The summed E-state index contributed by atoms with van der Waals surface area (Å²) in [6, 6.07) is 8.55. The van der Waals surface area contributed by atoms with E-state index >= 15 is 0 Å². The Labute approximate surface area is 98.1 Å². The average Bonchev–Trinajstić information content (AvgIpc) is 3.13. The van der Waals surface area contributed by atoms with Gasteiger partial charge in [0, 0.05) is 11.6 Å². The van der Waals surface area contributed by atoms with Crippen LogP contribution in [0.1, 0.15) is 24.3 Å². The summed E-state index contributed by atoms with van der Waals surface area (Å²) in [4.78, 5) is 3.82. The van der Waals surface area contributed by atoms with Crippen LogP contribution in [0, 0.1) is 11.6 Å². The van der Waals surface area contributed by atoms with Crippen LogP contribution in [0.4, 0.5) is 8.78 Å². The molecule has 2 aromatic rings. The van der Waals surface area contributed by atoms with Crippen LogP contribution in [0.2, 0.25) is 0 Å². The summed E-state index contributed by atoms with van der Waals surface area (Å²) in [6.45, 7) is 0. The van der Waals surface area contributed by atoms with Gasteiger partial charge in [0.2, 0.25) is 0 Å². The fourth-order valence-corrected chi connectivity index (χ4v) is 1.98. The molecule has 1 aliphatic rings. The van der Waals surface area contributed by atoms with E-state index in [-0.39, 0.29) is 5.69 Å². The minimum atomic E-state index is -0.649. The molecule has 0 bridgehead atoms. The third kappa shape index (κ3) is 2.05. The van der Waals surface area contributed by atoms with Crippen LogP contribution in [0.5, 0.6) is 0 Å². The highest BCUT2D eigenvalue weighted by atomic mass is 19.1.